The minimum atomic E-state index is 0. The predicted molar refractivity (Wildman–Crippen MR) is 132 cm³/mol. The van der Waals surface area contributed by atoms with Crippen LogP contribution in [0.2, 0.25) is 0 Å². The molecule has 28 heavy (non-hydrogen) atoms. The maximum absolute atomic E-state index is 5.68. The molecule has 5 nitrogen and oxygen atoms in total. The molecule has 7 heteroatoms. The molecule has 0 amide bonds. The Labute approximate surface area is 191 Å². The number of hydrogen-bond donors (Lipinski definition) is 2. The van der Waals surface area contributed by atoms with E-state index in [2.05, 4.69) is 46.7 Å². The first-order chi connectivity index (χ1) is 13.3. The van der Waals surface area contributed by atoms with Crippen LogP contribution in [0.4, 0.5) is 5.69 Å². The smallest absolute Gasteiger partial charge is 0.191 e. The summed E-state index contributed by atoms with van der Waals surface area (Å²) in [7, 11) is 0. The zero-order chi connectivity index (χ0) is 18.7. The molecule has 1 aliphatic carbocycles. The monoisotopic (exact) mass is 518 g/mol. The number of anilines is 1. The summed E-state index contributed by atoms with van der Waals surface area (Å²) in [5, 5.41) is 6.73. The average Bonchev–Trinajstić information content (AvgIpc) is 3.54. The molecule has 1 aliphatic heterocycles. The Bertz CT molecular complexity index is 574. The SMILES string of the molecule is CCNC(=NCc1ccc(N2CCSCC2)cc1)NCCCOCC1CC1.I. The Morgan fingerprint density at radius 3 is 2.61 bits per heavy atom. The number of hydrogen-bond acceptors (Lipinski definition) is 4. The topological polar surface area (TPSA) is 48.9 Å². The van der Waals surface area contributed by atoms with Gasteiger partial charge in [0.15, 0.2) is 5.96 Å². The third kappa shape index (κ3) is 8.78. The van der Waals surface area contributed by atoms with Crippen LogP contribution in [-0.4, -0.2) is 56.9 Å². The van der Waals surface area contributed by atoms with E-state index < -0.39 is 0 Å². The Balaban J connectivity index is 0.00000280. The third-order valence-corrected chi connectivity index (χ3v) is 5.83. The molecular weight excluding hydrogens is 483 g/mol. The van der Waals surface area contributed by atoms with Crippen LogP contribution in [0, 0.1) is 5.92 Å². The molecule has 0 radical (unpaired) electrons. The molecular formula is C21H35IN4OS. The number of benzene rings is 1. The van der Waals surface area contributed by atoms with Crippen LogP contribution in [0.1, 0.15) is 31.7 Å². The van der Waals surface area contributed by atoms with Gasteiger partial charge in [0.05, 0.1) is 6.54 Å². The lowest BCUT2D eigenvalue weighted by Crippen LogP contribution is -2.38. The van der Waals surface area contributed by atoms with Crippen molar-refractivity contribution in [3.8, 4) is 0 Å². The van der Waals surface area contributed by atoms with Crippen molar-refractivity contribution in [3.05, 3.63) is 29.8 Å². The number of rotatable bonds is 10. The average molecular weight is 519 g/mol. The fourth-order valence-corrected chi connectivity index (χ4v) is 3.96. The summed E-state index contributed by atoms with van der Waals surface area (Å²) >= 11 is 2.05. The molecule has 3 rings (SSSR count). The number of nitrogens with one attached hydrogen (secondary N) is 2. The Kier molecular flexibility index (Phi) is 11.4. The summed E-state index contributed by atoms with van der Waals surface area (Å²) in [5.74, 6) is 4.19. The number of aliphatic imine (C=N–C) groups is 1. The molecule has 158 valence electrons. The van der Waals surface area contributed by atoms with Gasteiger partial charge in [0.25, 0.3) is 0 Å². The molecule has 0 atom stereocenters. The zero-order valence-corrected chi connectivity index (χ0v) is 20.1. The van der Waals surface area contributed by atoms with Gasteiger partial charge in [0, 0.05) is 56.6 Å². The van der Waals surface area contributed by atoms with Crippen LogP contribution in [0.3, 0.4) is 0 Å². The normalized spacial score (nSPS) is 17.2. The fraction of sp³-hybridized carbons (Fsp3) is 0.667. The van der Waals surface area contributed by atoms with Gasteiger partial charge in [-0.3, -0.25) is 0 Å². The summed E-state index contributed by atoms with van der Waals surface area (Å²) in [6.45, 7) is 8.64. The highest BCUT2D eigenvalue weighted by Crippen LogP contribution is 2.28. The first-order valence-corrected chi connectivity index (χ1v) is 11.5. The predicted octanol–water partition coefficient (Wildman–Crippen LogP) is 3.73. The van der Waals surface area contributed by atoms with Gasteiger partial charge in [0.2, 0.25) is 0 Å². The van der Waals surface area contributed by atoms with E-state index in [-0.39, 0.29) is 24.0 Å². The van der Waals surface area contributed by atoms with Gasteiger partial charge in [-0.15, -0.1) is 24.0 Å². The van der Waals surface area contributed by atoms with E-state index in [1.165, 1.54) is 35.6 Å². The van der Waals surface area contributed by atoms with Crippen LogP contribution < -0.4 is 15.5 Å². The molecule has 1 saturated carbocycles. The minimum Gasteiger partial charge on any atom is -0.381 e. The summed E-state index contributed by atoms with van der Waals surface area (Å²) in [5.41, 5.74) is 2.58. The molecule has 0 unspecified atom stereocenters. The zero-order valence-electron chi connectivity index (χ0n) is 17.0. The van der Waals surface area contributed by atoms with Crippen molar-refractivity contribution in [3.63, 3.8) is 0 Å². The third-order valence-electron chi connectivity index (χ3n) is 4.88. The van der Waals surface area contributed by atoms with Crippen LogP contribution >= 0.6 is 35.7 Å². The highest BCUT2D eigenvalue weighted by atomic mass is 127. The van der Waals surface area contributed by atoms with Crippen molar-refractivity contribution in [2.45, 2.75) is 32.7 Å². The van der Waals surface area contributed by atoms with E-state index in [9.17, 15) is 0 Å². The minimum absolute atomic E-state index is 0. The molecule has 0 aromatic heterocycles. The van der Waals surface area contributed by atoms with Crippen LogP contribution in [0.25, 0.3) is 0 Å². The van der Waals surface area contributed by atoms with E-state index in [4.69, 9.17) is 9.73 Å². The Morgan fingerprint density at radius 2 is 1.93 bits per heavy atom. The molecule has 0 spiro atoms. The van der Waals surface area contributed by atoms with Crippen molar-refractivity contribution in [2.75, 3.05) is 55.8 Å². The molecule has 2 fully saturated rings. The lowest BCUT2D eigenvalue weighted by atomic mass is 10.2. The van der Waals surface area contributed by atoms with Crippen molar-refractivity contribution < 1.29 is 4.74 Å². The van der Waals surface area contributed by atoms with Gasteiger partial charge in [-0.2, -0.15) is 11.8 Å². The van der Waals surface area contributed by atoms with E-state index in [0.717, 1.165) is 57.7 Å². The van der Waals surface area contributed by atoms with Gasteiger partial charge in [0.1, 0.15) is 0 Å². The Hall–Kier alpha value is -0.670. The number of guanidine groups is 1. The lowest BCUT2D eigenvalue weighted by molar-refractivity contribution is 0.123. The summed E-state index contributed by atoms with van der Waals surface area (Å²) < 4.78 is 5.68. The second-order valence-electron chi connectivity index (χ2n) is 7.26. The molecule has 1 aromatic carbocycles. The van der Waals surface area contributed by atoms with Crippen LogP contribution in [-0.2, 0) is 11.3 Å². The molecule has 1 saturated heterocycles. The molecule has 2 N–H and O–H groups in total. The van der Waals surface area contributed by atoms with Crippen molar-refractivity contribution in [2.24, 2.45) is 10.9 Å². The van der Waals surface area contributed by atoms with Crippen molar-refractivity contribution in [1.29, 1.82) is 0 Å². The standard InChI is InChI=1S/C21H34N4OS.HI/c1-2-22-21(23-10-3-13-26-17-19-4-5-19)24-16-18-6-8-20(9-7-18)25-11-14-27-15-12-25;/h6-9,19H,2-5,10-17H2,1H3,(H2,22,23,24);1H. The largest absolute Gasteiger partial charge is 0.381 e. The molecule has 2 aliphatic rings. The second-order valence-corrected chi connectivity index (χ2v) is 8.48. The van der Waals surface area contributed by atoms with E-state index >= 15 is 0 Å². The molecule has 1 aromatic rings. The van der Waals surface area contributed by atoms with Gasteiger partial charge in [-0.1, -0.05) is 12.1 Å². The van der Waals surface area contributed by atoms with Gasteiger partial charge >= 0.3 is 0 Å². The van der Waals surface area contributed by atoms with E-state index in [1.54, 1.807) is 0 Å². The van der Waals surface area contributed by atoms with Crippen molar-refractivity contribution >= 4 is 47.4 Å². The number of ether oxygens (including phenoxy) is 1. The fourth-order valence-electron chi connectivity index (χ4n) is 3.06. The summed E-state index contributed by atoms with van der Waals surface area (Å²) in [6, 6.07) is 8.88. The van der Waals surface area contributed by atoms with Gasteiger partial charge in [-0.25, -0.2) is 4.99 Å². The summed E-state index contributed by atoms with van der Waals surface area (Å²) in [6.07, 6.45) is 3.72. The van der Waals surface area contributed by atoms with Crippen LogP contribution in [0.15, 0.2) is 29.3 Å². The maximum Gasteiger partial charge on any atom is 0.191 e. The highest BCUT2D eigenvalue weighted by Gasteiger charge is 2.20. The maximum atomic E-state index is 5.68. The number of nitrogens with zero attached hydrogens (tertiary/aromatic N) is 2. The summed E-state index contributed by atoms with van der Waals surface area (Å²) in [4.78, 5) is 7.19. The lowest BCUT2D eigenvalue weighted by Gasteiger charge is -2.28. The van der Waals surface area contributed by atoms with Crippen LogP contribution in [0.5, 0.6) is 0 Å². The highest BCUT2D eigenvalue weighted by molar-refractivity contribution is 14.0. The second kappa shape index (κ2) is 13.5. The van der Waals surface area contributed by atoms with E-state index in [1.807, 2.05) is 11.8 Å². The van der Waals surface area contributed by atoms with E-state index in [0.29, 0.717) is 6.54 Å². The first-order valence-electron chi connectivity index (χ1n) is 10.4. The number of halogens is 1. The van der Waals surface area contributed by atoms with Gasteiger partial charge < -0.3 is 20.3 Å². The first kappa shape index (κ1) is 23.6. The molecule has 0 bridgehead atoms. The number of thioether (sulfide) groups is 1. The quantitative estimate of drug-likeness (QED) is 0.214. The molecule has 1 heterocycles. The van der Waals surface area contributed by atoms with Gasteiger partial charge in [-0.05, 0) is 49.8 Å². The Morgan fingerprint density at radius 1 is 1.18 bits per heavy atom. The van der Waals surface area contributed by atoms with Crippen molar-refractivity contribution in [1.82, 2.24) is 10.6 Å².